The van der Waals surface area contributed by atoms with Crippen molar-refractivity contribution in [1.82, 2.24) is 15.0 Å². The van der Waals surface area contributed by atoms with Crippen LogP contribution in [0.4, 0.5) is 8.78 Å². The molecule has 0 atom stereocenters. The van der Waals surface area contributed by atoms with E-state index < -0.39 is 11.6 Å². The first-order valence-electron chi connectivity index (χ1n) is 24.3. The predicted molar refractivity (Wildman–Crippen MR) is 296 cm³/mol. The smallest absolute Gasteiger partial charge is 0.305 e. The number of rotatable bonds is 11. The predicted octanol–water partition coefficient (Wildman–Crippen LogP) is 17.9. The maximum Gasteiger partial charge on any atom is 3.00 e. The van der Waals surface area contributed by atoms with Crippen molar-refractivity contribution < 1.29 is 28.9 Å². The van der Waals surface area contributed by atoms with Gasteiger partial charge in [0.15, 0.2) is 11.6 Å². The van der Waals surface area contributed by atoms with Crippen LogP contribution in [-0.2, 0) is 20.1 Å². The SMILES string of the molecule is Fc1cc(-c2c[c-]c(-c3ccccn3)cc2)c(-c2cc(-c3ccccc3-c3c[c-]c(-c4ccccn4)cc3)cc(-c3ccccc3-c3c[c-]c(-c4ccccn4)cc3-c3ccc(-c4ccccc4)cc3)c2)cc1F.[Ir+3]. The van der Waals surface area contributed by atoms with Gasteiger partial charge in [0.05, 0.1) is 0 Å². The van der Waals surface area contributed by atoms with E-state index in [9.17, 15) is 0 Å². The number of hydrogen-bond donors (Lipinski definition) is 0. The van der Waals surface area contributed by atoms with Gasteiger partial charge in [0.2, 0.25) is 0 Å². The fourth-order valence-corrected chi connectivity index (χ4v) is 9.72. The fraction of sp³-hybridized carbons (Fsp3) is 0. The van der Waals surface area contributed by atoms with E-state index in [0.717, 1.165) is 101 Å². The molecular weight excluding hydrogens is 1100 g/mol. The number of halogens is 2. The van der Waals surface area contributed by atoms with Crippen molar-refractivity contribution >= 4 is 0 Å². The molecule has 3 heterocycles. The van der Waals surface area contributed by atoms with Gasteiger partial charge >= 0.3 is 20.1 Å². The third kappa shape index (κ3) is 10.1. The molecule has 0 N–H and O–H groups in total. The molecule has 0 aliphatic rings. The second kappa shape index (κ2) is 21.6. The van der Waals surface area contributed by atoms with Crippen molar-refractivity contribution in [2.45, 2.75) is 0 Å². The summed E-state index contributed by atoms with van der Waals surface area (Å²) in [6.07, 6.45) is 5.32. The summed E-state index contributed by atoms with van der Waals surface area (Å²) in [4.78, 5) is 13.7. The summed E-state index contributed by atoms with van der Waals surface area (Å²) in [7, 11) is 0. The molecule has 12 rings (SSSR count). The molecule has 0 spiro atoms. The van der Waals surface area contributed by atoms with E-state index in [1.54, 1.807) is 18.6 Å². The average molecular weight is 1140 g/mol. The van der Waals surface area contributed by atoms with Gasteiger partial charge < -0.3 is 15.0 Å². The van der Waals surface area contributed by atoms with Crippen LogP contribution in [0.1, 0.15) is 0 Å². The molecule has 6 heteroatoms. The average Bonchev–Trinajstić information content (AvgIpc) is 3.48. The summed E-state index contributed by atoms with van der Waals surface area (Å²) in [5.41, 5.74) is 19.3. The van der Waals surface area contributed by atoms with Crippen molar-refractivity contribution in [2.75, 3.05) is 0 Å². The molecule has 3 aromatic heterocycles. The molecule has 0 radical (unpaired) electrons. The zero-order valence-electron chi connectivity index (χ0n) is 40.2. The molecule has 12 aromatic rings. The Balaban J connectivity index is 0.00000602. The molecule has 0 aliphatic heterocycles. The molecule has 0 bridgehead atoms. The van der Waals surface area contributed by atoms with Crippen molar-refractivity contribution in [2.24, 2.45) is 0 Å². The fourth-order valence-electron chi connectivity index (χ4n) is 9.72. The minimum Gasteiger partial charge on any atom is -0.305 e. The van der Waals surface area contributed by atoms with Crippen LogP contribution in [0, 0.1) is 29.8 Å². The van der Waals surface area contributed by atoms with Crippen molar-refractivity contribution in [3.05, 3.63) is 285 Å². The summed E-state index contributed by atoms with van der Waals surface area (Å²) in [6, 6.07) is 88.5. The third-order valence-corrected chi connectivity index (χ3v) is 13.4. The zero-order valence-corrected chi connectivity index (χ0v) is 42.6. The van der Waals surface area contributed by atoms with Gasteiger partial charge in [-0.1, -0.05) is 173 Å². The van der Waals surface area contributed by atoms with Crippen LogP contribution in [0.15, 0.2) is 255 Å². The molecule has 0 saturated carbocycles. The second-order valence-electron chi connectivity index (χ2n) is 17.9. The first-order chi connectivity index (χ1) is 36.5. The number of nitrogens with zero attached hydrogens (tertiary/aromatic N) is 3. The summed E-state index contributed by atoms with van der Waals surface area (Å²) in [5.74, 6) is -1.88. The van der Waals surface area contributed by atoms with E-state index in [-0.39, 0.29) is 20.1 Å². The van der Waals surface area contributed by atoms with Gasteiger partial charge in [-0.15, -0.1) is 83.4 Å². The van der Waals surface area contributed by atoms with Crippen LogP contribution in [0.5, 0.6) is 0 Å². The molecule has 75 heavy (non-hydrogen) atoms. The van der Waals surface area contributed by atoms with E-state index in [4.69, 9.17) is 4.98 Å². The zero-order chi connectivity index (χ0) is 49.8. The largest absolute Gasteiger partial charge is 3.00 e. The van der Waals surface area contributed by atoms with Crippen LogP contribution in [0.3, 0.4) is 0 Å². The van der Waals surface area contributed by atoms with E-state index in [0.29, 0.717) is 22.3 Å². The Morgan fingerprint density at radius 3 is 1.13 bits per heavy atom. The van der Waals surface area contributed by atoms with Gasteiger partial charge in [0.1, 0.15) is 0 Å². The second-order valence-corrected chi connectivity index (χ2v) is 17.9. The van der Waals surface area contributed by atoms with Crippen LogP contribution in [0.25, 0.3) is 123 Å². The monoisotopic (exact) mass is 1140 g/mol. The van der Waals surface area contributed by atoms with Crippen LogP contribution < -0.4 is 0 Å². The molecular formula is C69H42F2IrN3. The minimum atomic E-state index is -0.944. The summed E-state index contributed by atoms with van der Waals surface area (Å²) >= 11 is 0. The van der Waals surface area contributed by atoms with Crippen LogP contribution >= 0.6 is 0 Å². The Morgan fingerprint density at radius 1 is 0.253 bits per heavy atom. The minimum absolute atomic E-state index is 0. The van der Waals surface area contributed by atoms with Gasteiger partial charge in [-0.05, 0) is 121 Å². The molecule has 0 fully saturated rings. The van der Waals surface area contributed by atoms with Gasteiger partial charge in [-0.3, -0.25) is 0 Å². The van der Waals surface area contributed by atoms with Gasteiger partial charge in [-0.25, -0.2) is 8.78 Å². The van der Waals surface area contributed by atoms with Gasteiger partial charge in [-0.2, -0.15) is 0 Å². The molecule has 3 nitrogen and oxygen atoms in total. The number of pyridine rings is 3. The Labute approximate surface area is 449 Å². The standard InChI is InChI=1S/C69H42F2N3.Ir/c70-65-44-63(50-29-33-52(34-30-50)68-21-9-12-38-73-68)64(45-66(65)71)56-41-54(58-17-5-4-16-57(58)48-27-31-51(32-28-48)67-20-8-11-37-72-67)40-55(42-56)59-18-6-7-19-60(59)61-36-35-53(69-22-10-13-39-74-69)43-62(61)49-25-23-47(24-26-49)46-14-2-1-3-15-46;/h1-31,33,36-45H;/q-3;+3. The quantitative estimate of drug-likeness (QED) is 0.121. The Bertz CT molecular complexity index is 3930. The summed E-state index contributed by atoms with van der Waals surface area (Å²) in [5, 5.41) is 0. The Morgan fingerprint density at radius 2 is 0.627 bits per heavy atom. The Hall–Kier alpha value is -9.06. The molecule has 356 valence electrons. The van der Waals surface area contributed by atoms with Crippen molar-refractivity contribution in [3.8, 4) is 123 Å². The molecule has 9 aromatic carbocycles. The van der Waals surface area contributed by atoms with Gasteiger partial charge in [0.25, 0.3) is 0 Å². The van der Waals surface area contributed by atoms with E-state index >= 15 is 8.78 Å². The maximum atomic E-state index is 15.9. The number of aromatic nitrogens is 3. The Kier molecular flexibility index (Phi) is 13.9. The first kappa shape index (κ1) is 48.2. The van der Waals surface area contributed by atoms with Crippen LogP contribution in [0.2, 0.25) is 0 Å². The molecule has 0 amide bonds. The van der Waals surface area contributed by atoms with E-state index in [1.807, 2.05) is 109 Å². The molecule has 0 saturated heterocycles. The number of hydrogen-bond acceptors (Lipinski definition) is 3. The summed E-state index contributed by atoms with van der Waals surface area (Å²) in [6.45, 7) is 0. The van der Waals surface area contributed by atoms with Crippen molar-refractivity contribution in [1.29, 1.82) is 0 Å². The normalized spacial score (nSPS) is 11.0. The third-order valence-electron chi connectivity index (χ3n) is 13.4. The molecule has 0 unspecified atom stereocenters. The molecule has 0 aliphatic carbocycles. The maximum absolute atomic E-state index is 15.9. The van der Waals surface area contributed by atoms with E-state index in [1.165, 1.54) is 12.1 Å². The summed E-state index contributed by atoms with van der Waals surface area (Å²) < 4.78 is 31.5. The van der Waals surface area contributed by atoms with Crippen molar-refractivity contribution in [3.63, 3.8) is 0 Å². The van der Waals surface area contributed by atoms with Gasteiger partial charge in [0, 0.05) is 18.6 Å². The topological polar surface area (TPSA) is 38.7 Å². The van der Waals surface area contributed by atoms with E-state index in [2.05, 4.69) is 143 Å². The van der Waals surface area contributed by atoms with Crippen LogP contribution in [-0.4, -0.2) is 15.0 Å². The first-order valence-corrected chi connectivity index (χ1v) is 24.3. The number of benzene rings is 9.